The van der Waals surface area contributed by atoms with Crippen LogP contribution in [0.4, 0.5) is 9.18 Å². The number of carbonyl (C=O) groups is 2. The molecule has 7 heteroatoms. The molecule has 0 radical (unpaired) electrons. The fraction of sp³-hybridized carbons (Fsp3) is 0.556. The number of aliphatic carboxylic acids is 1. The molecule has 0 aromatic rings. The summed E-state index contributed by atoms with van der Waals surface area (Å²) >= 11 is 0. The largest absolute Gasteiger partial charge is 0.480 e. The predicted octanol–water partition coefficient (Wildman–Crippen LogP) is 0.0785. The highest BCUT2D eigenvalue weighted by molar-refractivity contribution is 5.82. The maximum absolute atomic E-state index is 14.2. The van der Waals surface area contributed by atoms with E-state index in [0.717, 1.165) is 6.08 Å². The first kappa shape index (κ1) is 12.4. The lowest BCUT2D eigenvalue weighted by molar-refractivity contribution is -0.147. The summed E-state index contributed by atoms with van der Waals surface area (Å²) in [5.41, 5.74) is -2.52. The molecule has 0 saturated carbocycles. The standard InChI is InChI=1S/C9H12FNO5/c1-2-3-9(10)5(12)4-11(8(15)16)6(9)7(13)14/h2,5-6,12H,1,3-4H2,(H,13,14)(H,15,16)/t5-,6-,9-/m1/s1. The van der Waals surface area contributed by atoms with Crippen molar-refractivity contribution in [2.45, 2.75) is 24.2 Å². The van der Waals surface area contributed by atoms with E-state index in [-0.39, 0.29) is 0 Å². The van der Waals surface area contributed by atoms with E-state index in [1.807, 2.05) is 0 Å². The molecule has 3 N–H and O–H groups in total. The summed E-state index contributed by atoms with van der Waals surface area (Å²) in [5, 5.41) is 27.0. The topological polar surface area (TPSA) is 98.1 Å². The molecule has 1 saturated heterocycles. The second kappa shape index (κ2) is 4.09. The molecule has 16 heavy (non-hydrogen) atoms. The average Bonchev–Trinajstić information content (AvgIpc) is 2.40. The molecule has 6 nitrogen and oxygen atoms in total. The van der Waals surface area contributed by atoms with Crippen LogP contribution in [0.3, 0.4) is 0 Å². The molecule has 1 aliphatic rings. The summed E-state index contributed by atoms with van der Waals surface area (Å²) in [4.78, 5) is 22.0. The Morgan fingerprint density at radius 3 is 2.50 bits per heavy atom. The van der Waals surface area contributed by atoms with Crippen molar-refractivity contribution in [1.29, 1.82) is 0 Å². The van der Waals surface area contributed by atoms with Crippen LogP contribution >= 0.6 is 0 Å². The van der Waals surface area contributed by atoms with Crippen LogP contribution < -0.4 is 0 Å². The van der Waals surface area contributed by atoms with Crippen LogP contribution in [-0.2, 0) is 4.79 Å². The highest BCUT2D eigenvalue weighted by atomic mass is 19.1. The minimum Gasteiger partial charge on any atom is -0.480 e. The van der Waals surface area contributed by atoms with Crippen molar-refractivity contribution >= 4 is 12.1 Å². The number of hydrogen-bond donors (Lipinski definition) is 3. The molecule has 0 aliphatic carbocycles. The number of carboxylic acid groups (broad SMARTS) is 2. The Bertz CT molecular complexity index is 334. The first-order chi connectivity index (χ1) is 7.34. The lowest BCUT2D eigenvalue weighted by Crippen LogP contribution is -2.51. The first-order valence-corrected chi connectivity index (χ1v) is 4.55. The SMILES string of the molecule is C=CC[C@@]1(F)[C@H](O)CN(C(=O)O)[C@@H]1C(=O)O. The van der Waals surface area contributed by atoms with E-state index < -0.39 is 42.8 Å². The summed E-state index contributed by atoms with van der Waals surface area (Å²) in [6, 6.07) is -1.90. The maximum Gasteiger partial charge on any atom is 0.408 e. The van der Waals surface area contributed by atoms with Crippen molar-refractivity contribution in [2.75, 3.05) is 6.54 Å². The molecule has 0 aromatic heterocycles. The van der Waals surface area contributed by atoms with Crippen molar-refractivity contribution in [2.24, 2.45) is 0 Å². The fourth-order valence-corrected chi connectivity index (χ4v) is 1.88. The molecular weight excluding hydrogens is 221 g/mol. The molecule has 0 spiro atoms. The third-order valence-corrected chi connectivity index (χ3v) is 2.63. The molecule has 0 bridgehead atoms. The van der Waals surface area contributed by atoms with Gasteiger partial charge in [0.15, 0.2) is 11.7 Å². The molecule has 1 fully saturated rings. The molecule has 3 atom stereocenters. The number of rotatable bonds is 3. The lowest BCUT2D eigenvalue weighted by Gasteiger charge is -2.27. The van der Waals surface area contributed by atoms with Gasteiger partial charge in [-0.05, 0) is 0 Å². The first-order valence-electron chi connectivity index (χ1n) is 4.55. The van der Waals surface area contributed by atoms with Crippen LogP contribution in [0.1, 0.15) is 6.42 Å². The van der Waals surface area contributed by atoms with Crippen LogP contribution in [0.25, 0.3) is 0 Å². The van der Waals surface area contributed by atoms with Gasteiger partial charge >= 0.3 is 12.1 Å². The number of alkyl halides is 1. The number of carboxylic acids is 1. The molecule has 1 aliphatic heterocycles. The Labute approximate surface area is 90.6 Å². The number of nitrogens with zero attached hydrogens (tertiary/aromatic N) is 1. The maximum atomic E-state index is 14.2. The van der Waals surface area contributed by atoms with Gasteiger partial charge in [-0.1, -0.05) is 6.08 Å². The van der Waals surface area contributed by atoms with Crippen molar-refractivity contribution in [3.05, 3.63) is 12.7 Å². The highest BCUT2D eigenvalue weighted by Gasteiger charge is 2.59. The highest BCUT2D eigenvalue weighted by Crippen LogP contribution is 2.36. The number of aliphatic hydroxyl groups excluding tert-OH is 1. The quantitative estimate of drug-likeness (QED) is 0.599. The lowest BCUT2D eigenvalue weighted by atomic mass is 9.91. The van der Waals surface area contributed by atoms with Crippen molar-refractivity contribution in [3.63, 3.8) is 0 Å². The number of halogens is 1. The van der Waals surface area contributed by atoms with Gasteiger partial charge in [0.05, 0.1) is 6.54 Å². The fourth-order valence-electron chi connectivity index (χ4n) is 1.88. The van der Waals surface area contributed by atoms with Crippen molar-refractivity contribution in [1.82, 2.24) is 4.90 Å². The van der Waals surface area contributed by atoms with Crippen molar-refractivity contribution in [3.8, 4) is 0 Å². The molecule has 0 unspecified atom stereocenters. The van der Waals surface area contributed by atoms with Gasteiger partial charge in [0.2, 0.25) is 0 Å². The van der Waals surface area contributed by atoms with E-state index in [2.05, 4.69) is 6.58 Å². The summed E-state index contributed by atoms with van der Waals surface area (Å²) in [6.07, 6.45) is -2.54. The van der Waals surface area contributed by atoms with Gasteiger partial charge in [0.1, 0.15) is 6.10 Å². The third kappa shape index (κ3) is 1.73. The molecule has 1 rings (SSSR count). The third-order valence-electron chi connectivity index (χ3n) is 2.63. The molecule has 90 valence electrons. The van der Waals surface area contributed by atoms with E-state index >= 15 is 0 Å². The summed E-state index contributed by atoms with van der Waals surface area (Å²) < 4.78 is 14.2. The van der Waals surface area contributed by atoms with Crippen LogP contribution in [-0.4, -0.2) is 56.6 Å². The van der Waals surface area contributed by atoms with E-state index in [4.69, 9.17) is 10.2 Å². The Balaban J connectivity index is 3.12. The van der Waals surface area contributed by atoms with E-state index in [9.17, 15) is 19.1 Å². The van der Waals surface area contributed by atoms with Gasteiger partial charge in [-0.15, -0.1) is 6.58 Å². The van der Waals surface area contributed by atoms with Crippen LogP contribution in [0, 0.1) is 0 Å². The Morgan fingerprint density at radius 1 is 1.56 bits per heavy atom. The van der Waals surface area contributed by atoms with E-state index in [1.54, 1.807) is 0 Å². The summed E-state index contributed by atoms with van der Waals surface area (Å²) in [7, 11) is 0. The molecule has 1 amide bonds. The normalized spacial score (nSPS) is 33.8. The van der Waals surface area contributed by atoms with Crippen LogP contribution in [0.15, 0.2) is 12.7 Å². The monoisotopic (exact) mass is 233 g/mol. The summed E-state index contributed by atoms with van der Waals surface area (Å²) in [6.45, 7) is 2.70. The minimum atomic E-state index is -2.52. The second-order valence-corrected chi connectivity index (χ2v) is 3.61. The van der Waals surface area contributed by atoms with Gasteiger partial charge in [-0.25, -0.2) is 14.0 Å². The molecular formula is C9H12FNO5. The Morgan fingerprint density at radius 2 is 2.12 bits per heavy atom. The predicted molar refractivity (Wildman–Crippen MR) is 50.8 cm³/mol. The van der Waals surface area contributed by atoms with E-state index in [0.29, 0.717) is 4.90 Å². The molecule has 1 heterocycles. The van der Waals surface area contributed by atoms with Gasteiger partial charge in [0.25, 0.3) is 0 Å². The van der Waals surface area contributed by atoms with Gasteiger partial charge in [0, 0.05) is 6.42 Å². The second-order valence-electron chi connectivity index (χ2n) is 3.61. The zero-order valence-electron chi connectivity index (χ0n) is 8.34. The smallest absolute Gasteiger partial charge is 0.408 e. The molecule has 0 aromatic carbocycles. The number of hydrogen-bond acceptors (Lipinski definition) is 3. The van der Waals surface area contributed by atoms with Gasteiger partial charge < -0.3 is 15.3 Å². The van der Waals surface area contributed by atoms with Gasteiger partial charge in [-0.2, -0.15) is 0 Å². The van der Waals surface area contributed by atoms with Gasteiger partial charge in [-0.3, -0.25) is 4.90 Å². The number of β-amino-alcohol motifs (C(OH)–C–C–N with tert-alkyl or cyclic N) is 1. The number of aliphatic hydroxyl groups is 1. The average molecular weight is 233 g/mol. The van der Waals surface area contributed by atoms with E-state index in [1.165, 1.54) is 0 Å². The number of likely N-dealkylation sites (tertiary alicyclic amines) is 1. The zero-order chi connectivity index (χ0) is 12.5. The number of allylic oxidation sites excluding steroid dienone is 1. The Kier molecular flexibility index (Phi) is 3.18. The summed E-state index contributed by atoms with van der Waals surface area (Å²) in [5.74, 6) is -1.62. The minimum absolute atomic E-state index is 0.385. The van der Waals surface area contributed by atoms with Crippen LogP contribution in [0.2, 0.25) is 0 Å². The zero-order valence-corrected chi connectivity index (χ0v) is 8.34. The van der Waals surface area contributed by atoms with Crippen molar-refractivity contribution < 1.29 is 29.3 Å². The van der Waals surface area contributed by atoms with Crippen LogP contribution in [0.5, 0.6) is 0 Å². The number of amides is 1. The Hall–Kier alpha value is -1.63.